The Hall–Kier alpha value is -0.920. The number of nitrogens with zero attached hydrogens (tertiary/aromatic N) is 2. The van der Waals surface area contributed by atoms with Gasteiger partial charge in [-0.1, -0.05) is 6.92 Å². The van der Waals surface area contributed by atoms with Crippen molar-refractivity contribution in [2.24, 2.45) is 7.05 Å². The minimum atomic E-state index is -3.24. The summed E-state index contributed by atoms with van der Waals surface area (Å²) in [5.41, 5.74) is 1.03. The maximum Gasteiger partial charge on any atom is 0.215 e. The van der Waals surface area contributed by atoms with Gasteiger partial charge in [-0.15, -0.1) is 0 Å². The third-order valence-corrected chi connectivity index (χ3v) is 4.70. The molecule has 0 aliphatic heterocycles. The van der Waals surface area contributed by atoms with Crippen LogP contribution in [-0.4, -0.2) is 43.1 Å². The minimum Gasteiger partial charge on any atom is -0.315 e. The number of nitrogens with one attached hydrogen (secondary N) is 2. The van der Waals surface area contributed by atoms with Crippen LogP contribution in [0.3, 0.4) is 0 Å². The van der Waals surface area contributed by atoms with Gasteiger partial charge in [0.1, 0.15) is 0 Å². The zero-order valence-corrected chi connectivity index (χ0v) is 12.7. The van der Waals surface area contributed by atoms with Crippen LogP contribution in [0.2, 0.25) is 0 Å². The summed E-state index contributed by atoms with van der Waals surface area (Å²) < 4.78 is 28.2. The van der Waals surface area contributed by atoms with Gasteiger partial charge >= 0.3 is 0 Å². The van der Waals surface area contributed by atoms with Crippen LogP contribution in [0.5, 0.6) is 0 Å². The van der Waals surface area contributed by atoms with E-state index in [0.29, 0.717) is 19.5 Å². The third kappa shape index (κ3) is 5.71. The highest BCUT2D eigenvalue weighted by molar-refractivity contribution is 7.90. The Labute approximate surface area is 115 Å². The smallest absolute Gasteiger partial charge is 0.215 e. The van der Waals surface area contributed by atoms with E-state index in [1.54, 1.807) is 17.8 Å². The lowest BCUT2D eigenvalue weighted by Gasteiger charge is -2.14. The second kappa shape index (κ2) is 7.62. The van der Waals surface area contributed by atoms with Crippen LogP contribution in [0.25, 0.3) is 0 Å². The van der Waals surface area contributed by atoms with E-state index in [0.717, 1.165) is 18.5 Å². The quantitative estimate of drug-likeness (QED) is 0.640. The van der Waals surface area contributed by atoms with Gasteiger partial charge < -0.3 is 5.32 Å². The molecule has 0 spiro atoms. The summed E-state index contributed by atoms with van der Waals surface area (Å²) in [4.78, 5) is 0. The molecular formula is C12H24N4O2S. The Bertz CT molecular complexity index is 470. The molecule has 7 heteroatoms. The molecule has 1 atom stereocenters. The highest BCUT2D eigenvalue weighted by Crippen LogP contribution is 2.00. The average molecular weight is 288 g/mol. The van der Waals surface area contributed by atoms with E-state index in [4.69, 9.17) is 0 Å². The van der Waals surface area contributed by atoms with Gasteiger partial charge in [-0.05, 0) is 31.9 Å². The lowest BCUT2D eigenvalue weighted by Crippen LogP contribution is -2.39. The van der Waals surface area contributed by atoms with Crippen molar-refractivity contribution in [1.82, 2.24) is 19.8 Å². The van der Waals surface area contributed by atoms with Gasteiger partial charge in [0.2, 0.25) is 10.0 Å². The fraction of sp³-hybridized carbons (Fsp3) is 0.750. The molecule has 0 aliphatic carbocycles. The highest BCUT2D eigenvalue weighted by Gasteiger charge is 2.19. The second-order valence-electron chi connectivity index (χ2n) is 4.73. The lowest BCUT2D eigenvalue weighted by atomic mass is 10.3. The predicted molar refractivity (Wildman–Crippen MR) is 76.5 cm³/mol. The fourth-order valence-corrected chi connectivity index (χ4v) is 2.68. The molecule has 0 radical (unpaired) electrons. The van der Waals surface area contributed by atoms with Crippen LogP contribution >= 0.6 is 0 Å². The topological polar surface area (TPSA) is 76.0 Å². The number of hydrogen-bond acceptors (Lipinski definition) is 4. The number of rotatable bonds is 9. The normalized spacial score (nSPS) is 13.6. The molecule has 0 aromatic carbocycles. The molecule has 0 bridgehead atoms. The molecule has 1 aromatic rings. The molecule has 110 valence electrons. The van der Waals surface area contributed by atoms with E-state index >= 15 is 0 Å². The van der Waals surface area contributed by atoms with Crippen molar-refractivity contribution < 1.29 is 8.42 Å². The van der Waals surface area contributed by atoms with Crippen molar-refractivity contribution in [1.29, 1.82) is 0 Å². The Kier molecular flexibility index (Phi) is 6.47. The Morgan fingerprint density at radius 2 is 2.16 bits per heavy atom. The van der Waals surface area contributed by atoms with Crippen molar-refractivity contribution in [2.45, 2.75) is 31.9 Å². The van der Waals surface area contributed by atoms with Gasteiger partial charge in [0, 0.05) is 26.3 Å². The van der Waals surface area contributed by atoms with E-state index < -0.39 is 15.3 Å². The van der Waals surface area contributed by atoms with Gasteiger partial charge in [-0.3, -0.25) is 4.68 Å². The summed E-state index contributed by atoms with van der Waals surface area (Å²) in [7, 11) is -1.40. The summed E-state index contributed by atoms with van der Waals surface area (Å²) in [6, 6.07) is 0. The summed E-state index contributed by atoms with van der Waals surface area (Å²) in [6.07, 6.45) is 5.30. The third-order valence-electron chi connectivity index (χ3n) is 2.86. The summed E-state index contributed by atoms with van der Waals surface area (Å²) in [6.45, 7) is 5.51. The standard InChI is InChI=1S/C12H24N4O2S/c1-4-6-13-8-11(2)19(17,18)15-7-5-12-9-14-16(3)10-12/h9-11,13,15H,4-8H2,1-3H3. The number of hydrogen-bond donors (Lipinski definition) is 2. The SMILES string of the molecule is CCCNCC(C)S(=O)(=O)NCCc1cnn(C)c1. The molecule has 1 rings (SSSR count). The molecule has 0 amide bonds. The minimum absolute atomic E-state index is 0.409. The van der Waals surface area contributed by atoms with Gasteiger partial charge in [-0.25, -0.2) is 13.1 Å². The summed E-state index contributed by atoms with van der Waals surface area (Å²) in [5.74, 6) is 0. The largest absolute Gasteiger partial charge is 0.315 e. The molecular weight excluding hydrogens is 264 g/mol. The summed E-state index contributed by atoms with van der Waals surface area (Å²) in [5, 5.41) is 6.74. The van der Waals surface area contributed by atoms with E-state index in [1.165, 1.54) is 0 Å². The molecule has 1 aromatic heterocycles. The van der Waals surface area contributed by atoms with Crippen molar-refractivity contribution in [3.05, 3.63) is 18.0 Å². The van der Waals surface area contributed by atoms with E-state index in [1.807, 2.05) is 13.2 Å². The number of aryl methyl sites for hydroxylation is 1. The fourth-order valence-electron chi connectivity index (χ4n) is 1.67. The zero-order chi connectivity index (χ0) is 14.3. The number of aromatic nitrogens is 2. The van der Waals surface area contributed by atoms with Crippen LogP contribution in [0, 0.1) is 0 Å². The van der Waals surface area contributed by atoms with Crippen LogP contribution in [0.15, 0.2) is 12.4 Å². The first kappa shape index (κ1) is 16.1. The molecule has 1 heterocycles. The van der Waals surface area contributed by atoms with Crippen LogP contribution < -0.4 is 10.0 Å². The van der Waals surface area contributed by atoms with Crippen LogP contribution in [0.4, 0.5) is 0 Å². The maximum atomic E-state index is 11.9. The van der Waals surface area contributed by atoms with Crippen LogP contribution in [-0.2, 0) is 23.5 Å². The Morgan fingerprint density at radius 3 is 2.74 bits per heavy atom. The van der Waals surface area contributed by atoms with Crippen molar-refractivity contribution >= 4 is 10.0 Å². The maximum absolute atomic E-state index is 11.9. The predicted octanol–water partition coefficient (Wildman–Crippen LogP) is 0.270. The molecule has 6 nitrogen and oxygen atoms in total. The highest BCUT2D eigenvalue weighted by atomic mass is 32.2. The molecule has 0 saturated carbocycles. The molecule has 0 fully saturated rings. The van der Waals surface area contributed by atoms with Crippen LogP contribution in [0.1, 0.15) is 25.8 Å². The molecule has 0 aliphatic rings. The van der Waals surface area contributed by atoms with Gasteiger partial charge in [-0.2, -0.15) is 5.10 Å². The summed E-state index contributed by atoms with van der Waals surface area (Å²) >= 11 is 0. The van der Waals surface area contributed by atoms with Gasteiger partial charge in [0.25, 0.3) is 0 Å². The molecule has 2 N–H and O–H groups in total. The average Bonchev–Trinajstić information content (AvgIpc) is 2.75. The van der Waals surface area contributed by atoms with E-state index in [9.17, 15) is 8.42 Å². The van der Waals surface area contributed by atoms with Gasteiger partial charge in [0.15, 0.2) is 0 Å². The van der Waals surface area contributed by atoms with E-state index in [2.05, 4.69) is 22.1 Å². The van der Waals surface area contributed by atoms with Crippen molar-refractivity contribution in [3.63, 3.8) is 0 Å². The zero-order valence-electron chi connectivity index (χ0n) is 11.9. The first-order valence-electron chi connectivity index (χ1n) is 6.62. The van der Waals surface area contributed by atoms with E-state index in [-0.39, 0.29) is 0 Å². The lowest BCUT2D eigenvalue weighted by molar-refractivity contribution is 0.557. The second-order valence-corrected chi connectivity index (χ2v) is 6.91. The molecule has 0 saturated heterocycles. The number of sulfonamides is 1. The monoisotopic (exact) mass is 288 g/mol. The molecule has 19 heavy (non-hydrogen) atoms. The van der Waals surface area contributed by atoms with Gasteiger partial charge in [0.05, 0.1) is 11.4 Å². The Balaban J connectivity index is 2.33. The van der Waals surface area contributed by atoms with Crippen molar-refractivity contribution in [3.8, 4) is 0 Å². The Morgan fingerprint density at radius 1 is 1.42 bits per heavy atom. The van der Waals surface area contributed by atoms with Crippen molar-refractivity contribution in [2.75, 3.05) is 19.6 Å². The molecule has 1 unspecified atom stereocenters. The first-order valence-corrected chi connectivity index (χ1v) is 8.17. The first-order chi connectivity index (χ1) is 8.95.